The summed E-state index contributed by atoms with van der Waals surface area (Å²) in [6.07, 6.45) is 28.5. The first kappa shape index (κ1) is 44.6. The Morgan fingerprint density at radius 3 is 1.89 bits per heavy atom. The Morgan fingerprint density at radius 1 is 0.804 bits per heavy atom. The van der Waals surface area contributed by atoms with E-state index in [1.807, 2.05) is 52.0 Å². The van der Waals surface area contributed by atoms with Crippen molar-refractivity contribution in [1.82, 2.24) is 0 Å². The maximum Gasteiger partial charge on any atom is 0.0389 e. The summed E-state index contributed by atoms with van der Waals surface area (Å²) < 4.78 is 0. The van der Waals surface area contributed by atoms with Crippen LogP contribution in [0.25, 0.3) is 5.57 Å². The lowest BCUT2D eigenvalue weighted by Gasteiger charge is -2.15. The van der Waals surface area contributed by atoms with Crippen molar-refractivity contribution in [3.05, 3.63) is 99.7 Å². The van der Waals surface area contributed by atoms with Crippen molar-refractivity contribution in [3.8, 4) is 24.7 Å². The third-order valence-corrected chi connectivity index (χ3v) is 7.73. The van der Waals surface area contributed by atoms with E-state index in [4.69, 9.17) is 18.3 Å². The number of unbranched alkanes of at least 4 members (excludes halogenated alkanes) is 4. The van der Waals surface area contributed by atoms with Crippen LogP contribution in [0, 0.1) is 43.9 Å². The van der Waals surface area contributed by atoms with E-state index in [-0.39, 0.29) is 0 Å². The van der Waals surface area contributed by atoms with Crippen LogP contribution >= 0.6 is 0 Å². The molecule has 2 aromatic carbocycles. The zero-order valence-electron chi connectivity index (χ0n) is 31.5. The summed E-state index contributed by atoms with van der Waals surface area (Å²) in [6.45, 7) is 25.3. The fourth-order valence-corrected chi connectivity index (χ4v) is 4.87. The molecule has 0 fully saturated rings. The number of nitrogens with one attached hydrogen (secondary N) is 1. The highest BCUT2D eigenvalue weighted by molar-refractivity contribution is 6.00. The molecule has 1 nitrogen and oxygen atoms in total. The van der Waals surface area contributed by atoms with Gasteiger partial charge in [-0.3, -0.25) is 0 Å². The average molecular weight is 622 g/mol. The minimum absolute atomic E-state index is 0.772. The van der Waals surface area contributed by atoms with E-state index in [0.717, 1.165) is 60.9 Å². The van der Waals surface area contributed by atoms with Crippen LogP contribution in [0.3, 0.4) is 0 Å². The van der Waals surface area contributed by atoms with Gasteiger partial charge in [0.2, 0.25) is 0 Å². The molecule has 0 heterocycles. The molecule has 0 unspecified atom stereocenters. The van der Waals surface area contributed by atoms with Crippen LogP contribution in [0.15, 0.2) is 66.3 Å². The van der Waals surface area contributed by atoms with Crippen molar-refractivity contribution in [2.45, 2.75) is 146 Å². The van der Waals surface area contributed by atoms with Crippen LogP contribution in [0.5, 0.6) is 0 Å². The molecule has 0 atom stereocenters. The Bertz CT molecular complexity index is 1240. The summed E-state index contributed by atoms with van der Waals surface area (Å²) in [7, 11) is 0. The molecule has 1 N–H and O–H groups in total. The number of rotatable bonds is 15. The monoisotopic (exact) mass is 622 g/mol. The maximum atomic E-state index is 8.29. The van der Waals surface area contributed by atoms with E-state index in [9.17, 15) is 0 Å². The predicted molar refractivity (Wildman–Crippen MR) is 211 cm³/mol. The molecular formula is C45H67N. The Kier molecular flexibility index (Phi) is 28.0. The van der Waals surface area contributed by atoms with Crippen molar-refractivity contribution in [1.29, 1.82) is 5.41 Å². The van der Waals surface area contributed by atoms with Gasteiger partial charge in [0, 0.05) is 16.8 Å². The summed E-state index contributed by atoms with van der Waals surface area (Å²) >= 11 is 0. The lowest BCUT2D eigenvalue weighted by Crippen LogP contribution is -2.04. The second kappa shape index (κ2) is 28.9. The third-order valence-electron chi connectivity index (χ3n) is 7.73. The van der Waals surface area contributed by atoms with E-state index < -0.39 is 0 Å². The molecule has 252 valence electrons. The van der Waals surface area contributed by atoms with E-state index in [0.29, 0.717) is 0 Å². The molecular weight excluding hydrogens is 555 g/mol. The van der Waals surface area contributed by atoms with Gasteiger partial charge in [-0.2, -0.15) is 0 Å². The smallest absolute Gasteiger partial charge is 0.0389 e. The summed E-state index contributed by atoms with van der Waals surface area (Å²) in [5, 5.41) is 8.29. The molecule has 0 aliphatic heterocycles. The van der Waals surface area contributed by atoms with Gasteiger partial charge in [-0.25, -0.2) is 0 Å². The van der Waals surface area contributed by atoms with Crippen molar-refractivity contribution < 1.29 is 0 Å². The van der Waals surface area contributed by atoms with Gasteiger partial charge in [-0.1, -0.05) is 122 Å². The highest BCUT2D eigenvalue weighted by Gasteiger charge is 2.11. The molecule has 2 rings (SSSR count). The van der Waals surface area contributed by atoms with Gasteiger partial charge in [0.25, 0.3) is 0 Å². The average Bonchev–Trinajstić information content (AvgIpc) is 3.08. The lowest BCUT2D eigenvalue weighted by atomic mass is 9.90. The van der Waals surface area contributed by atoms with Crippen molar-refractivity contribution in [2.75, 3.05) is 0 Å². The van der Waals surface area contributed by atoms with Gasteiger partial charge < -0.3 is 5.41 Å². The van der Waals surface area contributed by atoms with Crippen LogP contribution < -0.4 is 0 Å². The first-order valence-electron chi connectivity index (χ1n) is 17.9. The molecule has 0 aliphatic rings. The summed E-state index contributed by atoms with van der Waals surface area (Å²) in [5.74, 6) is 5.39. The molecule has 0 saturated carbocycles. The van der Waals surface area contributed by atoms with Crippen LogP contribution in [0.4, 0.5) is 0 Å². The fourth-order valence-electron chi connectivity index (χ4n) is 4.87. The van der Waals surface area contributed by atoms with Gasteiger partial charge in [-0.05, 0) is 130 Å². The minimum Gasteiger partial charge on any atom is -0.305 e. The molecule has 1 heteroatoms. The molecule has 0 bridgehead atoms. The minimum atomic E-state index is 0.772. The molecule has 0 saturated heterocycles. The maximum absolute atomic E-state index is 8.29. The molecule has 0 aliphatic carbocycles. The zero-order valence-corrected chi connectivity index (χ0v) is 31.5. The Balaban J connectivity index is 0. The van der Waals surface area contributed by atoms with Crippen molar-refractivity contribution in [3.63, 3.8) is 0 Å². The van der Waals surface area contributed by atoms with Crippen LogP contribution in [-0.4, -0.2) is 5.71 Å². The molecule has 0 spiro atoms. The highest BCUT2D eigenvalue weighted by atomic mass is 14.4. The van der Waals surface area contributed by atoms with E-state index in [1.54, 1.807) is 0 Å². The van der Waals surface area contributed by atoms with Gasteiger partial charge in [0.15, 0.2) is 0 Å². The number of allylic oxidation sites excluding steroid dienone is 5. The zero-order chi connectivity index (χ0) is 35.3. The Hall–Kier alpha value is -3.55. The van der Waals surface area contributed by atoms with E-state index in [1.165, 1.54) is 71.9 Å². The third kappa shape index (κ3) is 18.4. The van der Waals surface area contributed by atoms with E-state index >= 15 is 0 Å². The SMILES string of the molecule is C#C/C(C)=C(/C=C\C)CCCC.C#Cc1ccccc1CCCC.C=C(CCCC)c1cc(C(=N)CCCC)c(C)cc1C.CC. The summed E-state index contributed by atoms with van der Waals surface area (Å²) in [5.41, 5.74) is 11.6. The van der Waals surface area contributed by atoms with Gasteiger partial charge in [-0.15, -0.1) is 12.8 Å². The number of terminal acetylenes is 2. The molecule has 46 heavy (non-hydrogen) atoms. The van der Waals surface area contributed by atoms with Crippen LogP contribution in [-0.2, 0) is 6.42 Å². The molecule has 0 radical (unpaired) electrons. The van der Waals surface area contributed by atoms with Crippen molar-refractivity contribution in [2.24, 2.45) is 0 Å². The number of hydrogen-bond acceptors (Lipinski definition) is 1. The van der Waals surface area contributed by atoms with Gasteiger partial charge in [0.1, 0.15) is 0 Å². The first-order valence-corrected chi connectivity index (χ1v) is 17.9. The van der Waals surface area contributed by atoms with Crippen molar-refractivity contribution >= 4 is 11.3 Å². The number of benzene rings is 2. The van der Waals surface area contributed by atoms with Gasteiger partial charge >= 0.3 is 0 Å². The number of hydrogen-bond donors (Lipinski definition) is 1. The lowest BCUT2D eigenvalue weighted by molar-refractivity contribution is 0.794. The van der Waals surface area contributed by atoms with Crippen LogP contribution in [0.2, 0.25) is 0 Å². The molecule has 2 aromatic rings. The standard InChI is InChI=1S/C19H29N.C12H14.C12H18.C2H6/c1-6-8-10-14(3)17-13-18(16(5)12-15(17)4)19(20)11-9-7-2;1-3-5-8-12-10-7-6-9-11(12)4-2;1-5-8-10-12(9-6-2)11(4)7-3;1-2/h12-13,20H,3,6-11H2,1-2,4-5H3;2,6-7,9-10H,3,5,8H2,1H3;3,6,9H,5,8,10H2,1-2,4H3;1-2H3/b;;9-6-,12-11-;. The second-order valence-electron chi connectivity index (χ2n) is 11.6. The number of aryl methyl sites for hydroxylation is 3. The second-order valence-corrected chi connectivity index (χ2v) is 11.6. The molecule has 0 aromatic heterocycles. The predicted octanol–water partition coefficient (Wildman–Crippen LogP) is 13.8. The summed E-state index contributed by atoms with van der Waals surface area (Å²) in [4.78, 5) is 0. The van der Waals surface area contributed by atoms with E-state index in [2.05, 4.69) is 84.2 Å². The first-order chi connectivity index (χ1) is 22.1. The Morgan fingerprint density at radius 2 is 1.35 bits per heavy atom. The highest BCUT2D eigenvalue weighted by Crippen LogP contribution is 2.26. The normalized spacial score (nSPS) is 10.5. The topological polar surface area (TPSA) is 23.9 Å². The quantitative estimate of drug-likeness (QED) is 0.116. The van der Waals surface area contributed by atoms with Crippen LogP contribution in [0.1, 0.15) is 159 Å². The largest absolute Gasteiger partial charge is 0.305 e. The Labute approximate surface area is 286 Å². The molecule has 0 amide bonds. The fraction of sp³-hybridized carbons (Fsp3) is 0.489. The summed E-state index contributed by atoms with van der Waals surface area (Å²) in [6, 6.07) is 12.6. The van der Waals surface area contributed by atoms with Gasteiger partial charge in [0.05, 0.1) is 0 Å².